The van der Waals surface area contributed by atoms with Crippen molar-refractivity contribution < 1.29 is 4.74 Å². The zero-order chi connectivity index (χ0) is 12.6. The van der Waals surface area contributed by atoms with E-state index in [1.807, 2.05) is 12.1 Å². The number of ether oxygens (including phenoxy) is 1. The van der Waals surface area contributed by atoms with Gasteiger partial charge < -0.3 is 10.1 Å². The number of halogens is 1. The first-order valence-electron chi connectivity index (χ1n) is 6.80. The quantitative estimate of drug-likeness (QED) is 0.842. The normalized spacial score (nSPS) is 36.1. The zero-order valence-electron chi connectivity index (χ0n) is 10.8. The van der Waals surface area contributed by atoms with E-state index in [1.54, 1.807) is 0 Å². The first kappa shape index (κ1) is 12.5. The lowest BCUT2D eigenvalue weighted by molar-refractivity contribution is 0.0326. The molecule has 18 heavy (non-hydrogen) atoms. The number of benzene rings is 1. The molecule has 1 aromatic rings. The largest absolute Gasteiger partial charge is 0.378 e. The summed E-state index contributed by atoms with van der Waals surface area (Å²) in [5.41, 5.74) is 1.71. The zero-order valence-corrected chi connectivity index (χ0v) is 11.5. The van der Waals surface area contributed by atoms with Gasteiger partial charge in [-0.1, -0.05) is 23.7 Å². The second-order valence-electron chi connectivity index (χ2n) is 5.55. The molecule has 2 heterocycles. The van der Waals surface area contributed by atoms with E-state index >= 15 is 0 Å². The molecule has 0 amide bonds. The summed E-state index contributed by atoms with van der Waals surface area (Å²) >= 11 is 5.99. The summed E-state index contributed by atoms with van der Waals surface area (Å²) in [6.45, 7) is 5.31. The van der Waals surface area contributed by atoms with Gasteiger partial charge in [-0.05, 0) is 44.0 Å². The van der Waals surface area contributed by atoms with Crippen molar-refractivity contribution in [3.05, 3.63) is 34.9 Å². The van der Waals surface area contributed by atoms with Gasteiger partial charge in [0.1, 0.15) is 0 Å². The summed E-state index contributed by atoms with van der Waals surface area (Å²) in [5.74, 6) is 0.543. The fourth-order valence-corrected chi connectivity index (χ4v) is 3.80. The van der Waals surface area contributed by atoms with Crippen LogP contribution in [0.2, 0.25) is 5.02 Å². The average molecular weight is 266 g/mol. The highest BCUT2D eigenvalue weighted by Crippen LogP contribution is 2.50. The number of rotatable bonds is 1. The summed E-state index contributed by atoms with van der Waals surface area (Å²) in [6, 6.07) is 8.35. The Labute approximate surface area is 114 Å². The van der Waals surface area contributed by atoms with Gasteiger partial charge in [-0.25, -0.2) is 0 Å². The highest BCUT2D eigenvalue weighted by Gasteiger charge is 2.48. The minimum atomic E-state index is 0.319. The van der Waals surface area contributed by atoms with Gasteiger partial charge in [0.2, 0.25) is 0 Å². The van der Waals surface area contributed by atoms with Gasteiger partial charge in [0.15, 0.2) is 0 Å². The van der Waals surface area contributed by atoms with E-state index < -0.39 is 0 Å². The smallest absolute Gasteiger partial charge is 0.0610 e. The van der Waals surface area contributed by atoms with Crippen LogP contribution < -0.4 is 5.32 Å². The van der Waals surface area contributed by atoms with Crippen LogP contribution >= 0.6 is 11.6 Å². The second kappa shape index (κ2) is 4.84. The van der Waals surface area contributed by atoms with Gasteiger partial charge in [-0.2, -0.15) is 0 Å². The lowest BCUT2D eigenvalue weighted by atomic mass is 9.64. The minimum Gasteiger partial charge on any atom is -0.378 e. The molecule has 3 heteroatoms. The van der Waals surface area contributed by atoms with E-state index in [-0.39, 0.29) is 0 Å². The Kier molecular flexibility index (Phi) is 3.35. The number of hydrogen-bond acceptors (Lipinski definition) is 2. The molecule has 2 saturated heterocycles. The molecule has 0 radical (unpaired) electrons. The highest BCUT2D eigenvalue weighted by molar-refractivity contribution is 6.30. The molecule has 1 aromatic carbocycles. The van der Waals surface area contributed by atoms with Crippen LogP contribution in [0.3, 0.4) is 0 Å². The van der Waals surface area contributed by atoms with Crippen LogP contribution in [0.15, 0.2) is 24.3 Å². The van der Waals surface area contributed by atoms with Crippen molar-refractivity contribution in [2.45, 2.75) is 31.8 Å². The molecule has 3 atom stereocenters. The number of piperidine rings is 1. The maximum absolute atomic E-state index is 5.99. The van der Waals surface area contributed by atoms with Gasteiger partial charge in [0.25, 0.3) is 0 Å². The van der Waals surface area contributed by atoms with Crippen molar-refractivity contribution in [3.63, 3.8) is 0 Å². The second-order valence-corrected chi connectivity index (χ2v) is 5.99. The molecule has 2 aliphatic heterocycles. The Bertz CT molecular complexity index is 419. The Morgan fingerprint density at radius 1 is 1.28 bits per heavy atom. The Hall–Kier alpha value is -0.570. The minimum absolute atomic E-state index is 0.319. The van der Waals surface area contributed by atoms with E-state index in [0.29, 0.717) is 17.4 Å². The maximum atomic E-state index is 5.99. The summed E-state index contributed by atoms with van der Waals surface area (Å²) in [4.78, 5) is 0. The van der Waals surface area contributed by atoms with Crippen molar-refractivity contribution in [1.82, 2.24) is 5.32 Å². The van der Waals surface area contributed by atoms with E-state index in [2.05, 4.69) is 24.4 Å². The molecule has 3 rings (SSSR count). The molecule has 0 saturated carbocycles. The molecule has 1 spiro atoms. The van der Waals surface area contributed by atoms with Crippen LogP contribution in [0.25, 0.3) is 0 Å². The molecular formula is C15H20ClNO. The van der Waals surface area contributed by atoms with Crippen LogP contribution in [0.1, 0.15) is 31.2 Å². The summed E-state index contributed by atoms with van der Waals surface area (Å²) in [5, 5.41) is 4.34. The number of nitrogens with one attached hydrogen (secondary N) is 1. The van der Waals surface area contributed by atoms with E-state index in [0.717, 1.165) is 24.7 Å². The maximum Gasteiger partial charge on any atom is 0.0610 e. The molecule has 1 N–H and O–H groups in total. The van der Waals surface area contributed by atoms with Crippen molar-refractivity contribution in [2.75, 3.05) is 19.7 Å². The van der Waals surface area contributed by atoms with E-state index in [1.165, 1.54) is 18.4 Å². The predicted molar refractivity (Wildman–Crippen MR) is 74.1 cm³/mol. The third-order valence-corrected chi connectivity index (χ3v) is 5.08. The fraction of sp³-hybridized carbons (Fsp3) is 0.600. The van der Waals surface area contributed by atoms with Gasteiger partial charge >= 0.3 is 0 Å². The molecule has 2 nitrogen and oxygen atoms in total. The van der Waals surface area contributed by atoms with Crippen molar-refractivity contribution in [1.29, 1.82) is 0 Å². The SMILES string of the molecule is CC1OCCC12CCNCC2c1ccc(Cl)cc1. The Balaban J connectivity index is 1.95. The van der Waals surface area contributed by atoms with Crippen LogP contribution in [0.5, 0.6) is 0 Å². The lowest BCUT2D eigenvalue weighted by Crippen LogP contribution is -2.47. The molecule has 2 fully saturated rings. The van der Waals surface area contributed by atoms with Crippen LogP contribution in [-0.2, 0) is 4.74 Å². The molecule has 3 unspecified atom stereocenters. The van der Waals surface area contributed by atoms with Crippen LogP contribution in [-0.4, -0.2) is 25.8 Å². The fourth-order valence-electron chi connectivity index (χ4n) is 3.67. The molecule has 0 bridgehead atoms. The van der Waals surface area contributed by atoms with E-state index in [9.17, 15) is 0 Å². The van der Waals surface area contributed by atoms with Crippen molar-refractivity contribution >= 4 is 11.6 Å². The predicted octanol–water partition coefficient (Wildman–Crippen LogP) is 3.21. The standard InChI is InChI=1S/C15H20ClNO/c1-11-15(7-9-18-11)6-8-17-10-14(15)12-2-4-13(16)5-3-12/h2-5,11,14,17H,6-10H2,1H3. The third kappa shape index (κ3) is 1.97. The van der Waals surface area contributed by atoms with Gasteiger partial charge in [-0.3, -0.25) is 0 Å². The van der Waals surface area contributed by atoms with Crippen molar-refractivity contribution in [2.24, 2.45) is 5.41 Å². The number of hydrogen-bond donors (Lipinski definition) is 1. The molecule has 0 aliphatic carbocycles. The molecule has 0 aromatic heterocycles. The first-order valence-corrected chi connectivity index (χ1v) is 7.18. The van der Waals surface area contributed by atoms with Gasteiger partial charge in [-0.15, -0.1) is 0 Å². The summed E-state index contributed by atoms with van der Waals surface area (Å²) in [7, 11) is 0. The first-order chi connectivity index (χ1) is 8.72. The summed E-state index contributed by atoms with van der Waals surface area (Å²) in [6.07, 6.45) is 2.75. The van der Waals surface area contributed by atoms with Crippen LogP contribution in [0, 0.1) is 5.41 Å². The molecule has 98 valence electrons. The van der Waals surface area contributed by atoms with Crippen LogP contribution in [0.4, 0.5) is 0 Å². The monoisotopic (exact) mass is 265 g/mol. The molecule has 2 aliphatic rings. The highest BCUT2D eigenvalue weighted by atomic mass is 35.5. The van der Waals surface area contributed by atoms with Crippen molar-refractivity contribution in [3.8, 4) is 0 Å². The van der Waals surface area contributed by atoms with Gasteiger partial charge in [0.05, 0.1) is 6.10 Å². The molecular weight excluding hydrogens is 246 g/mol. The average Bonchev–Trinajstić information content (AvgIpc) is 2.74. The van der Waals surface area contributed by atoms with E-state index in [4.69, 9.17) is 16.3 Å². The Morgan fingerprint density at radius 3 is 2.72 bits per heavy atom. The summed E-state index contributed by atoms with van der Waals surface area (Å²) < 4.78 is 5.87. The Morgan fingerprint density at radius 2 is 2.06 bits per heavy atom. The third-order valence-electron chi connectivity index (χ3n) is 4.83. The van der Waals surface area contributed by atoms with Gasteiger partial charge in [0, 0.05) is 29.5 Å². The topological polar surface area (TPSA) is 21.3 Å². The lowest BCUT2D eigenvalue weighted by Gasteiger charge is -2.44.